The number of hydrogen-bond donors (Lipinski definition) is 2. The van der Waals surface area contributed by atoms with Gasteiger partial charge in [0.2, 0.25) is 0 Å². The minimum absolute atomic E-state index is 0.133. The van der Waals surface area contributed by atoms with E-state index in [9.17, 15) is 0 Å². The van der Waals surface area contributed by atoms with Gasteiger partial charge in [-0.15, -0.1) is 0 Å². The first-order chi connectivity index (χ1) is 8.17. The lowest BCUT2D eigenvalue weighted by atomic mass is 10.2. The first-order valence-corrected chi connectivity index (χ1v) is 5.50. The maximum atomic E-state index is 8.49. The molecule has 0 amide bonds. The number of ether oxygens (including phenoxy) is 2. The van der Waals surface area contributed by atoms with E-state index in [1.165, 1.54) is 0 Å². The zero-order valence-electron chi connectivity index (χ0n) is 10.1. The lowest BCUT2D eigenvalue weighted by Crippen LogP contribution is -2.26. The monoisotopic (exact) mass is 238 g/mol. The number of amidine groups is 1. The smallest absolute Gasteiger partial charge is 0.145 e. The lowest BCUT2D eigenvalue weighted by molar-refractivity contribution is 0.278. The predicted molar refractivity (Wildman–Crippen MR) is 65.7 cm³/mol. The molecular formula is C12H18N2O3. The molecule has 1 atom stereocenters. The molecule has 0 aliphatic heterocycles. The molecule has 0 aromatic heterocycles. The minimum Gasteiger partial charge on any atom is -0.494 e. The fraction of sp³-hybridized carbons (Fsp3) is 0.417. The summed E-state index contributed by atoms with van der Waals surface area (Å²) in [6.45, 7) is 4.76. The maximum absolute atomic E-state index is 8.49. The molecule has 0 aliphatic rings. The van der Waals surface area contributed by atoms with Crippen LogP contribution in [0.15, 0.2) is 29.4 Å². The molecule has 1 rings (SSSR count). The molecule has 0 fully saturated rings. The van der Waals surface area contributed by atoms with Crippen molar-refractivity contribution in [2.24, 2.45) is 16.8 Å². The Morgan fingerprint density at radius 3 is 2.29 bits per heavy atom. The summed E-state index contributed by atoms with van der Waals surface area (Å²) in [6, 6.07) is 7.33. The third-order valence-electron chi connectivity index (χ3n) is 2.26. The second-order valence-electron chi connectivity index (χ2n) is 3.64. The van der Waals surface area contributed by atoms with Gasteiger partial charge >= 0.3 is 0 Å². The van der Waals surface area contributed by atoms with Gasteiger partial charge in [-0.05, 0) is 31.2 Å². The van der Waals surface area contributed by atoms with Crippen LogP contribution in [0.2, 0.25) is 0 Å². The Morgan fingerprint density at radius 1 is 1.29 bits per heavy atom. The van der Waals surface area contributed by atoms with Crippen LogP contribution in [-0.2, 0) is 0 Å². The van der Waals surface area contributed by atoms with Crippen LogP contribution in [-0.4, -0.2) is 24.3 Å². The Bertz CT molecular complexity index is 363. The Kier molecular flexibility index (Phi) is 5.13. The highest BCUT2D eigenvalue weighted by Gasteiger charge is 2.08. The van der Waals surface area contributed by atoms with Crippen LogP contribution in [0.4, 0.5) is 0 Å². The van der Waals surface area contributed by atoms with E-state index in [1.807, 2.05) is 38.1 Å². The van der Waals surface area contributed by atoms with Crippen LogP contribution >= 0.6 is 0 Å². The fourth-order valence-corrected chi connectivity index (χ4v) is 1.20. The Balaban J connectivity index is 2.47. The Morgan fingerprint density at radius 2 is 1.82 bits per heavy atom. The van der Waals surface area contributed by atoms with Crippen LogP contribution in [0.1, 0.15) is 13.8 Å². The van der Waals surface area contributed by atoms with Gasteiger partial charge in [-0.3, -0.25) is 0 Å². The molecule has 1 aromatic carbocycles. The lowest BCUT2D eigenvalue weighted by Gasteiger charge is -2.12. The molecule has 0 saturated heterocycles. The zero-order chi connectivity index (χ0) is 12.7. The molecular weight excluding hydrogens is 220 g/mol. The van der Waals surface area contributed by atoms with E-state index in [2.05, 4.69) is 5.16 Å². The number of oxime groups is 1. The van der Waals surface area contributed by atoms with Crippen molar-refractivity contribution in [2.75, 3.05) is 13.2 Å². The summed E-state index contributed by atoms with van der Waals surface area (Å²) in [5.74, 6) is 1.57. The second-order valence-corrected chi connectivity index (χ2v) is 3.64. The van der Waals surface area contributed by atoms with Crippen LogP contribution < -0.4 is 15.2 Å². The van der Waals surface area contributed by atoms with E-state index in [0.717, 1.165) is 11.5 Å². The number of nitrogens with two attached hydrogens (primary N) is 1. The van der Waals surface area contributed by atoms with Crippen molar-refractivity contribution >= 4 is 5.84 Å². The molecule has 5 nitrogen and oxygen atoms in total. The van der Waals surface area contributed by atoms with Crippen LogP contribution in [0.3, 0.4) is 0 Å². The molecule has 3 N–H and O–H groups in total. The van der Waals surface area contributed by atoms with Gasteiger partial charge in [-0.1, -0.05) is 12.1 Å². The molecule has 0 radical (unpaired) electrons. The van der Waals surface area contributed by atoms with Gasteiger partial charge < -0.3 is 20.4 Å². The highest BCUT2D eigenvalue weighted by Crippen LogP contribution is 2.18. The van der Waals surface area contributed by atoms with Gasteiger partial charge in [-0.25, -0.2) is 0 Å². The maximum Gasteiger partial charge on any atom is 0.145 e. The molecule has 0 saturated carbocycles. The largest absolute Gasteiger partial charge is 0.494 e. The number of hydrogen-bond acceptors (Lipinski definition) is 4. The van der Waals surface area contributed by atoms with Crippen LogP contribution in [0, 0.1) is 5.92 Å². The summed E-state index contributed by atoms with van der Waals surface area (Å²) in [7, 11) is 0. The van der Waals surface area contributed by atoms with Crippen molar-refractivity contribution in [3.05, 3.63) is 24.3 Å². The average Bonchev–Trinajstić information content (AvgIpc) is 2.37. The first kappa shape index (κ1) is 13.2. The van der Waals surface area contributed by atoms with Gasteiger partial charge in [0.25, 0.3) is 0 Å². The molecule has 1 aromatic rings. The second kappa shape index (κ2) is 6.62. The van der Waals surface area contributed by atoms with E-state index < -0.39 is 0 Å². The van der Waals surface area contributed by atoms with E-state index in [-0.39, 0.29) is 11.8 Å². The summed E-state index contributed by atoms with van der Waals surface area (Å²) in [6.07, 6.45) is 0. The van der Waals surface area contributed by atoms with Crippen molar-refractivity contribution in [2.45, 2.75) is 13.8 Å². The third kappa shape index (κ3) is 4.22. The summed E-state index contributed by atoms with van der Waals surface area (Å²) in [4.78, 5) is 0. The highest BCUT2D eigenvalue weighted by molar-refractivity contribution is 5.81. The Hall–Kier alpha value is -1.91. The topological polar surface area (TPSA) is 77.1 Å². The number of benzene rings is 1. The van der Waals surface area contributed by atoms with E-state index >= 15 is 0 Å². The SMILES string of the molecule is CCOc1ccc(OCC(C)/C(N)=N/O)cc1. The molecule has 1 unspecified atom stereocenters. The summed E-state index contributed by atoms with van der Waals surface area (Å²) in [5, 5.41) is 11.4. The first-order valence-electron chi connectivity index (χ1n) is 5.50. The highest BCUT2D eigenvalue weighted by atomic mass is 16.5. The summed E-state index contributed by atoms with van der Waals surface area (Å²) >= 11 is 0. The van der Waals surface area contributed by atoms with Crippen molar-refractivity contribution in [3.63, 3.8) is 0 Å². The molecule has 94 valence electrons. The van der Waals surface area contributed by atoms with E-state index in [0.29, 0.717) is 13.2 Å². The number of rotatable bonds is 6. The normalized spacial score (nSPS) is 13.2. The molecule has 5 heteroatoms. The van der Waals surface area contributed by atoms with Gasteiger partial charge in [-0.2, -0.15) is 0 Å². The molecule has 17 heavy (non-hydrogen) atoms. The van der Waals surface area contributed by atoms with Crippen molar-refractivity contribution in [3.8, 4) is 11.5 Å². The molecule has 0 heterocycles. The van der Waals surface area contributed by atoms with Crippen LogP contribution in [0.25, 0.3) is 0 Å². The van der Waals surface area contributed by atoms with Crippen LogP contribution in [0.5, 0.6) is 11.5 Å². The van der Waals surface area contributed by atoms with E-state index in [4.69, 9.17) is 20.4 Å². The standard InChI is InChI=1S/C12H18N2O3/c1-3-16-10-4-6-11(7-5-10)17-8-9(2)12(13)14-15/h4-7,9,15H,3,8H2,1-2H3,(H2,13,14). The minimum atomic E-state index is -0.133. The van der Waals surface area contributed by atoms with Crippen molar-refractivity contribution in [1.29, 1.82) is 0 Å². The van der Waals surface area contributed by atoms with Gasteiger partial charge in [0, 0.05) is 0 Å². The van der Waals surface area contributed by atoms with Crippen molar-refractivity contribution in [1.82, 2.24) is 0 Å². The molecule has 0 aliphatic carbocycles. The molecule has 0 bridgehead atoms. The zero-order valence-corrected chi connectivity index (χ0v) is 10.1. The predicted octanol–water partition coefficient (Wildman–Crippen LogP) is 1.85. The van der Waals surface area contributed by atoms with Gasteiger partial charge in [0.15, 0.2) is 0 Å². The summed E-state index contributed by atoms with van der Waals surface area (Å²) in [5.41, 5.74) is 5.44. The fourth-order valence-electron chi connectivity index (χ4n) is 1.20. The van der Waals surface area contributed by atoms with Gasteiger partial charge in [0.1, 0.15) is 17.3 Å². The quantitative estimate of drug-likeness (QED) is 0.343. The van der Waals surface area contributed by atoms with Gasteiger partial charge in [0.05, 0.1) is 19.1 Å². The average molecular weight is 238 g/mol. The molecule has 0 spiro atoms. The van der Waals surface area contributed by atoms with Crippen molar-refractivity contribution < 1.29 is 14.7 Å². The van der Waals surface area contributed by atoms with E-state index in [1.54, 1.807) is 0 Å². The summed E-state index contributed by atoms with van der Waals surface area (Å²) < 4.78 is 10.8. The number of nitrogens with zero attached hydrogens (tertiary/aromatic N) is 1. The third-order valence-corrected chi connectivity index (χ3v) is 2.26. The Labute approximate surface area is 101 Å².